The molecule has 0 aliphatic carbocycles. The minimum Gasteiger partial charge on any atom is -0.352 e. The van der Waals surface area contributed by atoms with Gasteiger partial charge in [0.1, 0.15) is 11.4 Å². The fraction of sp³-hybridized carbons (Fsp3) is 0.222. The predicted octanol–water partition coefficient (Wildman–Crippen LogP) is 3.33. The molecule has 1 aromatic carbocycles. The first-order valence-corrected chi connectivity index (χ1v) is 8.79. The van der Waals surface area contributed by atoms with Crippen LogP contribution in [0.5, 0.6) is 0 Å². The number of carbonyl (C=O) groups is 2. The summed E-state index contributed by atoms with van der Waals surface area (Å²) in [6.07, 6.45) is -3.17. The molecular formula is C18H15ClF3N5O2. The number of aromatic nitrogens is 3. The smallest absolute Gasteiger partial charge is 0.352 e. The van der Waals surface area contributed by atoms with E-state index in [-0.39, 0.29) is 41.3 Å². The molecule has 0 aliphatic heterocycles. The number of nitrogens with zero attached hydrogens (tertiary/aromatic N) is 3. The lowest BCUT2D eigenvalue weighted by Gasteiger charge is -2.09. The highest BCUT2D eigenvalue weighted by molar-refractivity contribution is 6.30. The predicted molar refractivity (Wildman–Crippen MR) is 99.8 cm³/mol. The maximum Gasteiger partial charge on any atom is 0.420 e. The lowest BCUT2D eigenvalue weighted by molar-refractivity contribution is -0.136. The van der Waals surface area contributed by atoms with Crippen LogP contribution in [0.2, 0.25) is 5.02 Å². The Morgan fingerprint density at radius 3 is 2.48 bits per heavy atom. The largest absolute Gasteiger partial charge is 0.420 e. The second-order valence-corrected chi connectivity index (χ2v) is 6.58. The number of halogens is 4. The van der Waals surface area contributed by atoms with Gasteiger partial charge in [-0.1, -0.05) is 11.6 Å². The molecule has 0 radical (unpaired) electrons. The number of nitrogens with one attached hydrogen (secondary N) is 2. The van der Waals surface area contributed by atoms with Crippen molar-refractivity contribution in [1.82, 2.24) is 19.9 Å². The van der Waals surface area contributed by atoms with Gasteiger partial charge in [-0.3, -0.25) is 14.0 Å². The van der Waals surface area contributed by atoms with Crippen molar-refractivity contribution in [3.05, 3.63) is 58.5 Å². The summed E-state index contributed by atoms with van der Waals surface area (Å²) in [5.41, 5.74) is -0.405. The fourth-order valence-corrected chi connectivity index (χ4v) is 2.89. The van der Waals surface area contributed by atoms with Crippen molar-refractivity contribution in [3.63, 3.8) is 0 Å². The van der Waals surface area contributed by atoms with Gasteiger partial charge in [-0.05, 0) is 30.3 Å². The summed E-state index contributed by atoms with van der Waals surface area (Å²) in [5.74, 6) is -0.368. The highest BCUT2D eigenvalue weighted by Crippen LogP contribution is 2.33. The SMILES string of the molecule is CC(=O)Nc1ccc(C(=O)NCCc2nnc3c(C(F)(F)F)cc(Cl)cn23)cc1. The van der Waals surface area contributed by atoms with Crippen LogP contribution in [0.25, 0.3) is 5.65 Å². The number of carbonyl (C=O) groups excluding carboxylic acids is 2. The Hall–Kier alpha value is -3.14. The van der Waals surface area contributed by atoms with Gasteiger partial charge in [0.2, 0.25) is 5.91 Å². The molecule has 2 heterocycles. The molecule has 7 nitrogen and oxygen atoms in total. The van der Waals surface area contributed by atoms with E-state index in [1.807, 2.05) is 0 Å². The second-order valence-electron chi connectivity index (χ2n) is 6.14. The molecule has 152 valence electrons. The molecule has 2 N–H and O–H groups in total. The topological polar surface area (TPSA) is 88.4 Å². The standard InChI is InChI=1S/C18H15ClF3N5O2/c1-10(28)24-13-4-2-11(3-5-13)17(29)23-7-6-15-25-26-16-14(18(20,21)22)8-12(19)9-27(15)16/h2-5,8-9H,6-7H2,1H3,(H,23,29)(H,24,28). The van der Waals surface area contributed by atoms with E-state index >= 15 is 0 Å². The maximum absolute atomic E-state index is 13.1. The summed E-state index contributed by atoms with van der Waals surface area (Å²) >= 11 is 5.80. The van der Waals surface area contributed by atoms with E-state index in [9.17, 15) is 22.8 Å². The molecule has 29 heavy (non-hydrogen) atoms. The quantitative estimate of drug-likeness (QED) is 0.656. The van der Waals surface area contributed by atoms with E-state index in [1.54, 1.807) is 24.3 Å². The summed E-state index contributed by atoms with van der Waals surface area (Å²) in [5, 5.41) is 12.5. The third-order valence-electron chi connectivity index (χ3n) is 3.95. The number of hydrogen-bond donors (Lipinski definition) is 2. The first-order chi connectivity index (χ1) is 13.6. The lowest BCUT2D eigenvalue weighted by atomic mass is 10.2. The van der Waals surface area contributed by atoms with Gasteiger partial charge in [-0.2, -0.15) is 13.2 Å². The molecule has 11 heteroatoms. The molecule has 0 bridgehead atoms. The van der Waals surface area contributed by atoms with Gasteiger partial charge in [-0.15, -0.1) is 10.2 Å². The number of alkyl halides is 3. The van der Waals surface area contributed by atoms with E-state index in [4.69, 9.17) is 11.6 Å². The molecule has 0 aliphatic rings. The van der Waals surface area contributed by atoms with E-state index in [0.29, 0.717) is 11.3 Å². The van der Waals surface area contributed by atoms with Crippen molar-refractivity contribution in [2.45, 2.75) is 19.5 Å². The van der Waals surface area contributed by atoms with Crippen LogP contribution in [-0.4, -0.2) is 33.0 Å². The van der Waals surface area contributed by atoms with Gasteiger partial charge in [0, 0.05) is 37.3 Å². The molecule has 0 spiro atoms. The monoisotopic (exact) mass is 425 g/mol. The Labute approximate surface area is 167 Å². The van der Waals surface area contributed by atoms with Crippen LogP contribution in [0.1, 0.15) is 28.7 Å². The number of anilines is 1. The molecule has 3 rings (SSSR count). The van der Waals surface area contributed by atoms with Crippen LogP contribution in [0, 0.1) is 0 Å². The van der Waals surface area contributed by atoms with Crippen LogP contribution in [-0.2, 0) is 17.4 Å². The Bertz CT molecular complexity index is 1060. The Morgan fingerprint density at radius 1 is 1.17 bits per heavy atom. The average molecular weight is 426 g/mol. The van der Waals surface area contributed by atoms with Gasteiger partial charge in [0.15, 0.2) is 5.65 Å². The molecule has 3 aromatic rings. The Kier molecular flexibility index (Phi) is 5.73. The molecule has 0 unspecified atom stereocenters. The highest BCUT2D eigenvalue weighted by atomic mass is 35.5. The lowest BCUT2D eigenvalue weighted by Crippen LogP contribution is -2.26. The van der Waals surface area contributed by atoms with Crippen LogP contribution in [0.15, 0.2) is 36.5 Å². The molecule has 0 saturated heterocycles. The van der Waals surface area contributed by atoms with Crippen LogP contribution >= 0.6 is 11.6 Å². The third kappa shape index (κ3) is 4.83. The molecule has 0 saturated carbocycles. The number of amides is 2. The number of hydrogen-bond acceptors (Lipinski definition) is 4. The van der Waals surface area contributed by atoms with E-state index in [0.717, 1.165) is 6.07 Å². The van der Waals surface area contributed by atoms with Gasteiger partial charge >= 0.3 is 6.18 Å². The molecule has 2 amide bonds. The molecule has 0 atom stereocenters. The van der Waals surface area contributed by atoms with Crippen molar-refractivity contribution in [2.24, 2.45) is 0 Å². The van der Waals surface area contributed by atoms with Crippen molar-refractivity contribution in [1.29, 1.82) is 0 Å². The van der Waals surface area contributed by atoms with Crippen molar-refractivity contribution >= 4 is 34.7 Å². The van der Waals surface area contributed by atoms with Gasteiger partial charge in [0.25, 0.3) is 5.91 Å². The van der Waals surface area contributed by atoms with Crippen molar-refractivity contribution in [2.75, 3.05) is 11.9 Å². The zero-order valence-corrected chi connectivity index (χ0v) is 15.8. The van der Waals surface area contributed by atoms with Gasteiger partial charge in [-0.25, -0.2) is 0 Å². The summed E-state index contributed by atoms with van der Waals surface area (Å²) in [7, 11) is 0. The average Bonchev–Trinajstić information content (AvgIpc) is 3.03. The minimum absolute atomic E-state index is 0.103. The van der Waals surface area contributed by atoms with E-state index in [1.165, 1.54) is 17.5 Å². The number of pyridine rings is 1. The van der Waals surface area contributed by atoms with E-state index < -0.39 is 11.7 Å². The van der Waals surface area contributed by atoms with Gasteiger partial charge < -0.3 is 10.6 Å². The van der Waals surface area contributed by atoms with Gasteiger partial charge in [0.05, 0.1) is 5.02 Å². The van der Waals surface area contributed by atoms with Crippen LogP contribution in [0.3, 0.4) is 0 Å². The summed E-state index contributed by atoms with van der Waals surface area (Å²) < 4.78 is 40.6. The fourth-order valence-electron chi connectivity index (χ4n) is 2.68. The van der Waals surface area contributed by atoms with Crippen LogP contribution < -0.4 is 10.6 Å². The molecule has 2 aromatic heterocycles. The minimum atomic E-state index is -4.62. The number of fused-ring (bicyclic) bond motifs is 1. The Balaban J connectivity index is 1.67. The van der Waals surface area contributed by atoms with Crippen molar-refractivity contribution < 1.29 is 22.8 Å². The van der Waals surface area contributed by atoms with E-state index in [2.05, 4.69) is 20.8 Å². The zero-order chi connectivity index (χ0) is 21.2. The summed E-state index contributed by atoms with van der Waals surface area (Å²) in [4.78, 5) is 23.2. The highest BCUT2D eigenvalue weighted by Gasteiger charge is 2.35. The number of benzene rings is 1. The third-order valence-corrected chi connectivity index (χ3v) is 4.16. The first kappa shape index (κ1) is 20.6. The molecule has 0 fully saturated rings. The summed E-state index contributed by atoms with van der Waals surface area (Å²) in [6, 6.07) is 7.05. The second kappa shape index (κ2) is 8.08. The zero-order valence-electron chi connectivity index (χ0n) is 15.0. The van der Waals surface area contributed by atoms with Crippen molar-refractivity contribution in [3.8, 4) is 0 Å². The Morgan fingerprint density at radius 2 is 1.86 bits per heavy atom. The maximum atomic E-state index is 13.1. The normalized spacial score (nSPS) is 11.5. The number of rotatable bonds is 5. The first-order valence-electron chi connectivity index (χ1n) is 8.41. The van der Waals surface area contributed by atoms with Crippen LogP contribution in [0.4, 0.5) is 18.9 Å². The summed E-state index contributed by atoms with van der Waals surface area (Å²) in [6.45, 7) is 1.50. The molecular weight excluding hydrogens is 411 g/mol.